The number of methoxy groups -OCH3 is 1. The molecule has 0 saturated heterocycles. The molecule has 10 heteroatoms. The SMILES string of the molecule is CCOC(=O)C1=C(C)N(C)C(C)=C(C(=O)OCC)C1c1cc([N+](=O)[O-])ccc1SCc1ccc(OC)cc1. The molecule has 3 rings (SSSR count). The van der Waals surface area contributed by atoms with Crippen molar-refractivity contribution in [2.45, 2.75) is 44.3 Å². The van der Waals surface area contributed by atoms with E-state index in [1.165, 1.54) is 23.9 Å². The minimum absolute atomic E-state index is 0.136. The van der Waals surface area contributed by atoms with Crippen LogP contribution < -0.4 is 4.74 Å². The monoisotopic (exact) mass is 540 g/mol. The fourth-order valence-corrected chi connectivity index (χ4v) is 5.35. The third kappa shape index (κ3) is 6.02. The minimum atomic E-state index is -0.914. The topological polar surface area (TPSA) is 108 Å². The maximum atomic E-state index is 13.3. The van der Waals surface area contributed by atoms with Gasteiger partial charge >= 0.3 is 11.9 Å². The van der Waals surface area contributed by atoms with Crippen molar-refractivity contribution in [3.63, 3.8) is 0 Å². The molecule has 0 atom stereocenters. The molecule has 0 bridgehead atoms. The number of hydrogen-bond donors (Lipinski definition) is 0. The molecule has 2 aromatic carbocycles. The highest BCUT2D eigenvalue weighted by Crippen LogP contribution is 2.46. The Hall–Kier alpha value is -3.79. The van der Waals surface area contributed by atoms with Gasteiger partial charge in [-0.1, -0.05) is 12.1 Å². The Morgan fingerprint density at radius 1 is 0.974 bits per heavy atom. The number of carbonyl (C=O) groups is 2. The molecule has 0 fully saturated rings. The van der Waals surface area contributed by atoms with Gasteiger partial charge < -0.3 is 19.1 Å². The lowest BCUT2D eigenvalue weighted by molar-refractivity contribution is -0.385. The normalized spacial score (nSPS) is 14.0. The van der Waals surface area contributed by atoms with Crippen LogP contribution in [0.15, 0.2) is 69.9 Å². The van der Waals surface area contributed by atoms with Gasteiger partial charge in [0.2, 0.25) is 0 Å². The quantitative estimate of drug-likeness (QED) is 0.165. The summed E-state index contributed by atoms with van der Waals surface area (Å²) in [6.45, 7) is 7.21. The van der Waals surface area contributed by atoms with Crippen LogP contribution in [0.25, 0.3) is 0 Å². The zero-order valence-electron chi connectivity index (χ0n) is 22.4. The fraction of sp³-hybridized carbons (Fsp3) is 0.357. The molecule has 0 saturated carbocycles. The van der Waals surface area contributed by atoms with Gasteiger partial charge in [-0.15, -0.1) is 11.8 Å². The van der Waals surface area contributed by atoms with E-state index in [0.29, 0.717) is 27.6 Å². The van der Waals surface area contributed by atoms with Gasteiger partial charge in [-0.2, -0.15) is 0 Å². The number of thioether (sulfide) groups is 1. The lowest BCUT2D eigenvalue weighted by Crippen LogP contribution is -2.34. The van der Waals surface area contributed by atoms with E-state index < -0.39 is 22.8 Å². The summed E-state index contributed by atoms with van der Waals surface area (Å²) in [6.07, 6.45) is 0. The maximum absolute atomic E-state index is 13.3. The smallest absolute Gasteiger partial charge is 0.336 e. The Bertz CT molecular complexity index is 1240. The number of rotatable bonds is 10. The Morgan fingerprint density at radius 3 is 2.00 bits per heavy atom. The van der Waals surface area contributed by atoms with E-state index in [-0.39, 0.29) is 30.0 Å². The lowest BCUT2D eigenvalue weighted by atomic mass is 9.79. The van der Waals surface area contributed by atoms with E-state index in [1.807, 2.05) is 24.3 Å². The average molecular weight is 541 g/mol. The first-order chi connectivity index (χ1) is 18.1. The lowest BCUT2D eigenvalue weighted by Gasteiger charge is -2.36. The van der Waals surface area contributed by atoms with E-state index in [4.69, 9.17) is 14.2 Å². The fourth-order valence-electron chi connectivity index (χ4n) is 4.32. The predicted molar refractivity (Wildman–Crippen MR) is 145 cm³/mol. The zero-order valence-corrected chi connectivity index (χ0v) is 23.2. The van der Waals surface area contributed by atoms with E-state index in [2.05, 4.69) is 0 Å². The minimum Gasteiger partial charge on any atom is -0.497 e. The Kier molecular flexibility index (Phi) is 9.57. The van der Waals surface area contributed by atoms with Crippen molar-refractivity contribution in [1.29, 1.82) is 0 Å². The molecular weight excluding hydrogens is 508 g/mol. The van der Waals surface area contributed by atoms with Crippen LogP contribution in [0, 0.1) is 10.1 Å². The molecule has 0 aromatic heterocycles. The van der Waals surface area contributed by atoms with Gasteiger partial charge in [0.05, 0.1) is 42.3 Å². The molecule has 0 amide bonds. The highest BCUT2D eigenvalue weighted by Gasteiger charge is 2.41. The summed E-state index contributed by atoms with van der Waals surface area (Å²) >= 11 is 1.46. The number of non-ortho nitro benzene ring substituents is 1. The summed E-state index contributed by atoms with van der Waals surface area (Å²) < 4.78 is 16.0. The van der Waals surface area contributed by atoms with Gasteiger partial charge in [-0.3, -0.25) is 10.1 Å². The van der Waals surface area contributed by atoms with Crippen molar-refractivity contribution in [2.24, 2.45) is 0 Å². The number of nitro benzene ring substituents is 1. The Balaban J connectivity index is 2.21. The first-order valence-corrected chi connectivity index (χ1v) is 13.2. The number of nitro groups is 1. The third-order valence-corrected chi connectivity index (χ3v) is 7.58. The highest BCUT2D eigenvalue weighted by atomic mass is 32.2. The van der Waals surface area contributed by atoms with Crippen molar-refractivity contribution >= 4 is 29.4 Å². The number of hydrogen-bond acceptors (Lipinski definition) is 9. The molecule has 0 aliphatic carbocycles. The van der Waals surface area contributed by atoms with Crippen LogP contribution in [0.1, 0.15) is 44.7 Å². The van der Waals surface area contributed by atoms with Crippen molar-refractivity contribution in [2.75, 3.05) is 27.4 Å². The molecule has 0 radical (unpaired) electrons. The molecule has 0 spiro atoms. The number of allylic oxidation sites excluding steroid dienone is 2. The van der Waals surface area contributed by atoms with Gasteiger partial charge in [-0.05, 0) is 57.0 Å². The van der Waals surface area contributed by atoms with E-state index in [0.717, 1.165) is 11.3 Å². The van der Waals surface area contributed by atoms with Crippen LogP contribution >= 0.6 is 11.8 Å². The largest absolute Gasteiger partial charge is 0.497 e. The van der Waals surface area contributed by atoms with Crippen molar-refractivity contribution < 1.29 is 28.7 Å². The molecule has 2 aromatic rings. The molecule has 1 aliphatic rings. The summed E-state index contributed by atoms with van der Waals surface area (Å²) in [5, 5.41) is 11.8. The second kappa shape index (κ2) is 12.6. The van der Waals surface area contributed by atoms with Gasteiger partial charge in [0, 0.05) is 41.2 Å². The second-order valence-electron chi connectivity index (χ2n) is 8.55. The van der Waals surface area contributed by atoms with Crippen molar-refractivity contribution in [1.82, 2.24) is 4.90 Å². The van der Waals surface area contributed by atoms with E-state index in [1.54, 1.807) is 52.8 Å². The summed E-state index contributed by atoms with van der Waals surface area (Å²) in [4.78, 5) is 40.3. The molecule has 9 nitrogen and oxygen atoms in total. The van der Waals surface area contributed by atoms with Gasteiger partial charge in [0.15, 0.2) is 0 Å². The molecule has 202 valence electrons. The number of benzene rings is 2. The second-order valence-corrected chi connectivity index (χ2v) is 9.56. The van der Waals surface area contributed by atoms with Crippen LogP contribution in [-0.2, 0) is 24.8 Å². The zero-order chi connectivity index (χ0) is 28.0. The first-order valence-electron chi connectivity index (χ1n) is 12.2. The summed E-state index contributed by atoms with van der Waals surface area (Å²) in [5.41, 5.74) is 3.01. The highest BCUT2D eigenvalue weighted by molar-refractivity contribution is 7.98. The van der Waals surface area contributed by atoms with Gasteiger partial charge in [0.25, 0.3) is 5.69 Å². The van der Waals surface area contributed by atoms with Crippen molar-refractivity contribution in [3.05, 3.63) is 86.2 Å². The predicted octanol–water partition coefficient (Wildman–Crippen LogP) is 5.60. The van der Waals surface area contributed by atoms with E-state index >= 15 is 0 Å². The molecule has 1 aliphatic heterocycles. The first kappa shape index (κ1) is 28.8. The molecular formula is C28H32N2O7S. The van der Waals surface area contributed by atoms with Crippen LogP contribution in [-0.4, -0.2) is 49.1 Å². The Labute approximate surface area is 226 Å². The molecule has 1 heterocycles. The summed E-state index contributed by atoms with van der Waals surface area (Å²) in [7, 11) is 3.36. The third-order valence-electron chi connectivity index (χ3n) is 6.42. The van der Waals surface area contributed by atoms with E-state index in [9.17, 15) is 19.7 Å². The van der Waals surface area contributed by atoms with Crippen LogP contribution in [0.4, 0.5) is 5.69 Å². The van der Waals surface area contributed by atoms with Crippen molar-refractivity contribution in [3.8, 4) is 5.75 Å². The summed E-state index contributed by atoms with van der Waals surface area (Å²) in [5.74, 6) is -0.804. The standard InChI is InChI=1S/C28H32N2O7S/c1-7-36-27(31)24-17(3)29(5)18(4)25(28(32)37-8-2)26(24)22-15-20(30(33)34)11-14-23(22)38-16-19-9-12-21(35-6)13-10-19/h9-15,26H,7-8,16H2,1-6H3. The van der Waals surface area contributed by atoms with Crippen LogP contribution in [0.2, 0.25) is 0 Å². The number of nitrogens with zero attached hydrogens (tertiary/aromatic N) is 2. The summed E-state index contributed by atoms with van der Waals surface area (Å²) in [6, 6.07) is 12.1. The van der Waals surface area contributed by atoms with Gasteiger partial charge in [-0.25, -0.2) is 9.59 Å². The number of carbonyl (C=O) groups excluding carboxylic acids is 2. The molecule has 0 N–H and O–H groups in total. The maximum Gasteiger partial charge on any atom is 0.336 e. The van der Waals surface area contributed by atoms with Crippen LogP contribution in [0.3, 0.4) is 0 Å². The number of ether oxygens (including phenoxy) is 3. The average Bonchev–Trinajstić information content (AvgIpc) is 2.90. The molecule has 0 unspecified atom stereocenters. The van der Waals surface area contributed by atoms with Gasteiger partial charge in [0.1, 0.15) is 5.75 Å². The molecule has 38 heavy (non-hydrogen) atoms. The van der Waals surface area contributed by atoms with Crippen LogP contribution in [0.5, 0.6) is 5.75 Å². The Morgan fingerprint density at radius 2 is 1.53 bits per heavy atom. The number of esters is 2.